The molecule has 4 heteroatoms. The van der Waals surface area contributed by atoms with Gasteiger partial charge in [-0.3, -0.25) is 4.79 Å². The summed E-state index contributed by atoms with van der Waals surface area (Å²) in [4.78, 5) is 13.4. The smallest absolute Gasteiger partial charge is 0.236 e. The van der Waals surface area contributed by atoms with Crippen LogP contribution in [-0.2, 0) is 9.53 Å². The van der Waals surface area contributed by atoms with Crippen molar-refractivity contribution in [3.63, 3.8) is 0 Å². The minimum absolute atomic E-state index is 0.189. The molecule has 0 spiro atoms. The van der Waals surface area contributed by atoms with Crippen LogP contribution < -0.4 is 5.32 Å². The second-order valence-corrected chi connectivity index (χ2v) is 4.44. The molecule has 1 fully saturated rings. The maximum Gasteiger partial charge on any atom is 0.236 e. The lowest BCUT2D eigenvalue weighted by atomic mass is 9.96. The van der Waals surface area contributed by atoms with Crippen molar-refractivity contribution in [3.05, 3.63) is 0 Å². The number of ether oxygens (including phenoxy) is 1. The van der Waals surface area contributed by atoms with E-state index in [9.17, 15) is 4.79 Å². The third-order valence-electron chi connectivity index (χ3n) is 3.17. The fourth-order valence-corrected chi connectivity index (χ4v) is 1.90. The van der Waals surface area contributed by atoms with Crippen molar-refractivity contribution in [3.8, 4) is 0 Å². The zero-order chi connectivity index (χ0) is 11.8. The molecular weight excluding hydrogens is 204 g/mol. The molecule has 0 aromatic carbocycles. The number of nitrogens with one attached hydrogen (secondary N) is 1. The van der Waals surface area contributed by atoms with E-state index in [1.165, 1.54) is 0 Å². The number of rotatable bonds is 6. The van der Waals surface area contributed by atoms with Gasteiger partial charge in [-0.1, -0.05) is 6.92 Å². The molecule has 0 aromatic rings. The van der Waals surface area contributed by atoms with Crippen LogP contribution in [-0.4, -0.2) is 50.7 Å². The second kappa shape index (κ2) is 7.63. The van der Waals surface area contributed by atoms with Crippen molar-refractivity contribution in [2.24, 2.45) is 5.92 Å². The van der Waals surface area contributed by atoms with Gasteiger partial charge in [0.2, 0.25) is 5.91 Å². The first kappa shape index (κ1) is 13.5. The fraction of sp³-hybridized carbons (Fsp3) is 0.917. The Balaban J connectivity index is 2.12. The highest BCUT2D eigenvalue weighted by molar-refractivity contribution is 5.77. The third kappa shape index (κ3) is 4.94. The summed E-state index contributed by atoms with van der Waals surface area (Å²) in [6.45, 7) is 5.96. The topological polar surface area (TPSA) is 41.6 Å². The number of carbonyl (C=O) groups is 1. The van der Waals surface area contributed by atoms with Gasteiger partial charge in [-0.15, -0.1) is 0 Å². The normalized spacial score (nSPS) is 17.4. The standard InChI is InChI=1S/C12H24N2O2/c1-3-13-10-12(15)14(2)7-4-11-5-8-16-9-6-11/h11,13H,3-10H2,1-2H3. The average molecular weight is 228 g/mol. The summed E-state index contributed by atoms with van der Waals surface area (Å²) in [7, 11) is 1.89. The molecular formula is C12H24N2O2. The van der Waals surface area contributed by atoms with Crippen molar-refractivity contribution in [2.75, 3.05) is 39.9 Å². The summed E-state index contributed by atoms with van der Waals surface area (Å²) in [5.41, 5.74) is 0. The lowest BCUT2D eigenvalue weighted by Gasteiger charge is -2.25. The van der Waals surface area contributed by atoms with Crippen LogP contribution >= 0.6 is 0 Å². The van der Waals surface area contributed by atoms with Gasteiger partial charge in [-0.05, 0) is 31.7 Å². The lowest BCUT2D eigenvalue weighted by Crippen LogP contribution is -2.36. The summed E-state index contributed by atoms with van der Waals surface area (Å²) < 4.78 is 5.32. The van der Waals surface area contributed by atoms with Crippen LogP contribution in [0.2, 0.25) is 0 Å². The van der Waals surface area contributed by atoms with E-state index < -0.39 is 0 Å². The number of likely N-dealkylation sites (N-methyl/N-ethyl adjacent to an activating group) is 2. The molecule has 1 amide bonds. The number of hydrogen-bond acceptors (Lipinski definition) is 3. The Morgan fingerprint density at radius 2 is 2.12 bits per heavy atom. The number of amides is 1. The Morgan fingerprint density at radius 1 is 1.44 bits per heavy atom. The third-order valence-corrected chi connectivity index (χ3v) is 3.17. The quantitative estimate of drug-likeness (QED) is 0.733. The molecule has 0 saturated carbocycles. The van der Waals surface area contributed by atoms with E-state index in [0.29, 0.717) is 6.54 Å². The predicted octanol–water partition coefficient (Wildman–Crippen LogP) is 0.871. The molecule has 1 N–H and O–H groups in total. The predicted molar refractivity (Wildman–Crippen MR) is 64.3 cm³/mol. The molecule has 1 aliphatic heterocycles. The fourth-order valence-electron chi connectivity index (χ4n) is 1.90. The maximum atomic E-state index is 11.6. The van der Waals surface area contributed by atoms with Gasteiger partial charge in [0.15, 0.2) is 0 Å². The van der Waals surface area contributed by atoms with E-state index in [1.54, 1.807) is 0 Å². The van der Waals surface area contributed by atoms with Gasteiger partial charge in [0.25, 0.3) is 0 Å². The summed E-state index contributed by atoms with van der Waals surface area (Å²) >= 11 is 0. The first-order chi connectivity index (χ1) is 7.74. The Bertz CT molecular complexity index is 203. The summed E-state index contributed by atoms with van der Waals surface area (Å²) in [5.74, 6) is 0.928. The van der Waals surface area contributed by atoms with E-state index >= 15 is 0 Å². The number of hydrogen-bond donors (Lipinski definition) is 1. The highest BCUT2D eigenvalue weighted by atomic mass is 16.5. The van der Waals surface area contributed by atoms with Crippen LogP contribution in [0.25, 0.3) is 0 Å². The van der Waals surface area contributed by atoms with Gasteiger partial charge in [0.1, 0.15) is 0 Å². The van der Waals surface area contributed by atoms with Gasteiger partial charge in [0, 0.05) is 26.8 Å². The van der Waals surface area contributed by atoms with E-state index in [4.69, 9.17) is 4.74 Å². The lowest BCUT2D eigenvalue weighted by molar-refractivity contribution is -0.129. The SMILES string of the molecule is CCNCC(=O)N(C)CCC1CCOCC1. The molecule has 1 heterocycles. The Kier molecular flexibility index (Phi) is 6.42. The summed E-state index contributed by atoms with van der Waals surface area (Å²) in [5, 5.41) is 3.06. The average Bonchev–Trinajstić information content (AvgIpc) is 2.34. The van der Waals surface area contributed by atoms with E-state index in [1.807, 2.05) is 18.9 Å². The van der Waals surface area contributed by atoms with Crippen LogP contribution in [0.5, 0.6) is 0 Å². The van der Waals surface area contributed by atoms with Crippen molar-refractivity contribution < 1.29 is 9.53 Å². The first-order valence-electron chi connectivity index (χ1n) is 6.26. The monoisotopic (exact) mass is 228 g/mol. The molecule has 1 aliphatic rings. The van der Waals surface area contributed by atoms with Crippen LogP contribution in [0.3, 0.4) is 0 Å². The minimum atomic E-state index is 0.189. The Hall–Kier alpha value is -0.610. The zero-order valence-electron chi connectivity index (χ0n) is 10.5. The van der Waals surface area contributed by atoms with Gasteiger partial charge >= 0.3 is 0 Å². The van der Waals surface area contributed by atoms with Gasteiger partial charge in [-0.2, -0.15) is 0 Å². The van der Waals surface area contributed by atoms with Gasteiger partial charge in [0.05, 0.1) is 6.54 Å². The molecule has 0 bridgehead atoms. The van der Waals surface area contributed by atoms with Crippen molar-refractivity contribution in [2.45, 2.75) is 26.2 Å². The highest BCUT2D eigenvalue weighted by Crippen LogP contribution is 2.18. The summed E-state index contributed by atoms with van der Waals surface area (Å²) in [6.07, 6.45) is 3.40. The van der Waals surface area contributed by atoms with E-state index in [2.05, 4.69) is 5.32 Å². The van der Waals surface area contributed by atoms with Crippen LogP contribution in [0.15, 0.2) is 0 Å². The molecule has 0 aromatic heterocycles. The van der Waals surface area contributed by atoms with Gasteiger partial charge in [-0.25, -0.2) is 0 Å². The molecule has 1 rings (SSSR count). The number of carbonyl (C=O) groups excluding carboxylic acids is 1. The Morgan fingerprint density at radius 3 is 2.75 bits per heavy atom. The molecule has 4 nitrogen and oxygen atoms in total. The maximum absolute atomic E-state index is 11.6. The van der Waals surface area contributed by atoms with Crippen LogP contribution in [0, 0.1) is 5.92 Å². The number of nitrogens with zero attached hydrogens (tertiary/aromatic N) is 1. The molecule has 1 saturated heterocycles. The van der Waals surface area contributed by atoms with Crippen LogP contribution in [0.4, 0.5) is 0 Å². The van der Waals surface area contributed by atoms with Crippen LogP contribution in [0.1, 0.15) is 26.2 Å². The molecule has 0 atom stereocenters. The summed E-state index contributed by atoms with van der Waals surface area (Å²) in [6, 6.07) is 0. The minimum Gasteiger partial charge on any atom is -0.381 e. The van der Waals surface area contributed by atoms with Crippen molar-refractivity contribution in [1.29, 1.82) is 0 Å². The van der Waals surface area contributed by atoms with Crippen molar-refractivity contribution in [1.82, 2.24) is 10.2 Å². The first-order valence-corrected chi connectivity index (χ1v) is 6.26. The molecule has 0 unspecified atom stereocenters. The van der Waals surface area contributed by atoms with Crippen molar-refractivity contribution >= 4 is 5.91 Å². The zero-order valence-corrected chi connectivity index (χ0v) is 10.5. The van der Waals surface area contributed by atoms with Gasteiger partial charge < -0.3 is 15.0 Å². The second-order valence-electron chi connectivity index (χ2n) is 4.44. The molecule has 0 radical (unpaired) electrons. The molecule has 0 aliphatic carbocycles. The highest BCUT2D eigenvalue weighted by Gasteiger charge is 2.15. The van der Waals surface area contributed by atoms with E-state index in [-0.39, 0.29) is 5.91 Å². The van der Waals surface area contributed by atoms with E-state index in [0.717, 1.165) is 51.5 Å². The molecule has 16 heavy (non-hydrogen) atoms. The molecule has 94 valence electrons. The largest absolute Gasteiger partial charge is 0.381 e. The Labute approximate surface area is 98.3 Å².